The number of ether oxygens (including phenoxy) is 1. The van der Waals surface area contributed by atoms with Crippen LogP contribution in [0.25, 0.3) is 17.1 Å². The molecule has 0 bridgehead atoms. The van der Waals surface area contributed by atoms with Gasteiger partial charge in [-0.25, -0.2) is 4.79 Å². The Bertz CT molecular complexity index is 1100. The van der Waals surface area contributed by atoms with E-state index in [0.29, 0.717) is 17.5 Å². The maximum atomic E-state index is 12.3. The first-order valence-corrected chi connectivity index (χ1v) is 11.8. The van der Waals surface area contributed by atoms with Gasteiger partial charge in [0.1, 0.15) is 5.75 Å². The van der Waals surface area contributed by atoms with E-state index in [1.165, 1.54) is 11.8 Å². The molecule has 174 valence electrons. The predicted octanol–water partition coefficient (Wildman–Crippen LogP) is 4.39. The summed E-state index contributed by atoms with van der Waals surface area (Å²) < 4.78 is 7.24. The predicted molar refractivity (Wildman–Crippen MR) is 130 cm³/mol. The lowest BCUT2D eigenvalue weighted by atomic mass is 10.0. The Balaban J connectivity index is 1.93. The highest BCUT2D eigenvalue weighted by Crippen LogP contribution is 2.32. The van der Waals surface area contributed by atoms with Gasteiger partial charge in [0.25, 0.3) is 0 Å². The zero-order valence-corrected chi connectivity index (χ0v) is 20.1. The summed E-state index contributed by atoms with van der Waals surface area (Å²) in [5.74, 6) is 1.32. The van der Waals surface area contributed by atoms with Crippen LogP contribution in [0.1, 0.15) is 38.7 Å². The van der Waals surface area contributed by atoms with Crippen LogP contribution >= 0.6 is 11.8 Å². The molecule has 0 fully saturated rings. The van der Waals surface area contributed by atoms with E-state index < -0.39 is 11.9 Å². The fourth-order valence-electron chi connectivity index (χ4n) is 3.26. The molecule has 0 spiro atoms. The van der Waals surface area contributed by atoms with Gasteiger partial charge in [-0.05, 0) is 48.2 Å². The molecular formula is C24H29N5O3S. The van der Waals surface area contributed by atoms with Gasteiger partial charge >= 0.3 is 6.03 Å². The summed E-state index contributed by atoms with van der Waals surface area (Å²) in [4.78, 5) is 24.1. The van der Waals surface area contributed by atoms with Crippen molar-refractivity contribution in [1.82, 2.24) is 25.4 Å². The van der Waals surface area contributed by atoms with Crippen LogP contribution in [-0.4, -0.2) is 46.1 Å². The molecule has 9 heteroatoms. The minimum atomic E-state index is -0.493. The average Bonchev–Trinajstić information content (AvgIpc) is 3.25. The number of rotatable bonds is 9. The SMILES string of the molecule is CCCNC(=O)NC(=O)CSc1nnc(-c2ccc(OC)cc2)n1-c1ccccc1C(C)C. The lowest BCUT2D eigenvalue weighted by Gasteiger charge is -2.17. The summed E-state index contributed by atoms with van der Waals surface area (Å²) in [6.45, 7) is 6.72. The van der Waals surface area contributed by atoms with Crippen LogP contribution < -0.4 is 15.4 Å². The molecule has 1 aromatic heterocycles. The molecule has 0 radical (unpaired) electrons. The van der Waals surface area contributed by atoms with Crippen molar-refractivity contribution in [2.24, 2.45) is 0 Å². The largest absolute Gasteiger partial charge is 0.497 e. The van der Waals surface area contributed by atoms with Crippen LogP contribution in [0.4, 0.5) is 4.79 Å². The van der Waals surface area contributed by atoms with Crippen molar-refractivity contribution in [2.45, 2.75) is 38.3 Å². The van der Waals surface area contributed by atoms with E-state index in [1.54, 1.807) is 7.11 Å². The number of imide groups is 1. The minimum Gasteiger partial charge on any atom is -0.497 e. The molecule has 1 heterocycles. The Hall–Kier alpha value is -3.33. The van der Waals surface area contributed by atoms with E-state index in [9.17, 15) is 9.59 Å². The van der Waals surface area contributed by atoms with Crippen LogP contribution in [-0.2, 0) is 4.79 Å². The second-order valence-electron chi connectivity index (χ2n) is 7.68. The Kier molecular flexibility index (Phi) is 8.48. The molecule has 3 amide bonds. The number of hydrogen-bond acceptors (Lipinski definition) is 6. The fourth-order valence-corrected chi connectivity index (χ4v) is 4.01. The van der Waals surface area contributed by atoms with E-state index in [-0.39, 0.29) is 11.7 Å². The Labute approximate surface area is 198 Å². The number of hydrogen-bond donors (Lipinski definition) is 2. The summed E-state index contributed by atoms with van der Waals surface area (Å²) in [6.07, 6.45) is 0.795. The van der Waals surface area contributed by atoms with Gasteiger partial charge in [-0.1, -0.05) is 50.7 Å². The Morgan fingerprint density at radius 3 is 2.48 bits per heavy atom. The van der Waals surface area contributed by atoms with Crippen molar-refractivity contribution in [3.05, 3.63) is 54.1 Å². The number of benzene rings is 2. The van der Waals surface area contributed by atoms with Crippen molar-refractivity contribution in [3.63, 3.8) is 0 Å². The molecule has 3 rings (SSSR count). The molecule has 0 aliphatic rings. The molecule has 2 N–H and O–H groups in total. The lowest BCUT2D eigenvalue weighted by molar-refractivity contribution is -0.117. The maximum absolute atomic E-state index is 12.3. The number of amides is 3. The fraction of sp³-hybridized carbons (Fsp3) is 0.333. The third kappa shape index (κ3) is 6.13. The number of aromatic nitrogens is 3. The van der Waals surface area contributed by atoms with Crippen molar-refractivity contribution in [2.75, 3.05) is 19.4 Å². The smallest absolute Gasteiger partial charge is 0.321 e. The number of carbonyl (C=O) groups is 2. The first-order valence-electron chi connectivity index (χ1n) is 10.8. The third-order valence-electron chi connectivity index (χ3n) is 4.90. The van der Waals surface area contributed by atoms with Gasteiger partial charge in [0.2, 0.25) is 5.91 Å². The molecule has 0 unspecified atom stereocenters. The van der Waals surface area contributed by atoms with Crippen LogP contribution in [0, 0.1) is 0 Å². The summed E-state index contributed by atoms with van der Waals surface area (Å²) >= 11 is 1.23. The number of methoxy groups -OCH3 is 1. The summed E-state index contributed by atoms with van der Waals surface area (Å²) in [7, 11) is 1.62. The summed E-state index contributed by atoms with van der Waals surface area (Å²) in [5, 5.41) is 14.4. The molecule has 0 saturated heterocycles. The molecule has 33 heavy (non-hydrogen) atoms. The normalized spacial score (nSPS) is 10.8. The standard InChI is InChI=1S/C24H29N5O3S/c1-5-14-25-23(31)26-21(30)15-33-24-28-27-22(17-10-12-18(32-4)13-11-17)29(24)20-9-7-6-8-19(20)16(2)3/h6-13,16H,5,14-15H2,1-4H3,(H2,25,26,30,31). The number of nitrogens with zero attached hydrogens (tertiary/aromatic N) is 3. The molecule has 0 saturated carbocycles. The molecule has 0 aliphatic heterocycles. The highest BCUT2D eigenvalue weighted by Gasteiger charge is 2.20. The van der Waals surface area contributed by atoms with Crippen LogP contribution in [0.15, 0.2) is 53.7 Å². The Morgan fingerprint density at radius 1 is 1.09 bits per heavy atom. The van der Waals surface area contributed by atoms with Gasteiger partial charge in [0.15, 0.2) is 11.0 Å². The summed E-state index contributed by atoms with van der Waals surface area (Å²) in [6, 6.07) is 15.2. The number of carbonyl (C=O) groups excluding carboxylic acids is 2. The topological polar surface area (TPSA) is 98.1 Å². The van der Waals surface area contributed by atoms with Gasteiger partial charge < -0.3 is 10.1 Å². The zero-order chi connectivity index (χ0) is 23.8. The minimum absolute atomic E-state index is 0.0319. The van der Waals surface area contributed by atoms with Crippen molar-refractivity contribution < 1.29 is 14.3 Å². The third-order valence-corrected chi connectivity index (χ3v) is 5.83. The first-order chi connectivity index (χ1) is 15.9. The van der Waals surface area contributed by atoms with Crippen molar-refractivity contribution >= 4 is 23.7 Å². The highest BCUT2D eigenvalue weighted by atomic mass is 32.2. The second-order valence-corrected chi connectivity index (χ2v) is 8.62. The molecule has 0 atom stereocenters. The van der Waals surface area contributed by atoms with E-state index >= 15 is 0 Å². The van der Waals surface area contributed by atoms with Gasteiger partial charge in [-0.15, -0.1) is 10.2 Å². The zero-order valence-electron chi connectivity index (χ0n) is 19.3. The van der Waals surface area contributed by atoms with Gasteiger partial charge in [0.05, 0.1) is 18.6 Å². The molecular weight excluding hydrogens is 438 g/mol. The maximum Gasteiger partial charge on any atom is 0.321 e. The monoisotopic (exact) mass is 467 g/mol. The number of para-hydroxylation sites is 1. The van der Waals surface area contributed by atoms with Crippen LogP contribution in [0.5, 0.6) is 5.75 Å². The number of thioether (sulfide) groups is 1. The van der Waals surface area contributed by atoms with E-state index in [2.05, 4.69) is 40.7 Å². The van der Waals surface area contributed by atoms with Crippen LogP contribution in [0.2, 0.25) is 0 Å². The van der Waals surface area contributed by atoms with E-state index in [4.69, 9.17) is 4.74 Å². The quantitative estimate of drug-likeness (QED) is 0.453. The number of nitrogens with one attached hydrogen (secondary N) is 2. The molecule has 3 aromatic rings. The highest BCUT2D eigenvalue weighted by molar-refractivity contribution is 7.99. The van der Waals surface area contributed by atoms with E-state index in [1.807, 2.05) is 54.0 Å². The Morgan fingerprint density at radius 2 is 1.82 bits per heavy atom. The van der Waals surface area contributed by atoms with Gasteiger partial charge in [-0.2, -0.15) is 0 Å². The van der Waals surface area contributed by atoms with Crippen LogP contribution in [0.3, 0.4) is 0 Å². The summed E-state index contributed by atoms with van der Waals surface area (Å²) in [5.41, 5.74) is 2.96. The second kappa shape index (κ2) is 11.5. The van der Waals surface area contributed by atoms with Gasteiger partial charge in [0, 0.05) is 12.1 Å². The molecule has 2 aromatic carbocycles. The average molecular weight is 468 g/mol. The van der Waals surface area contributed by atoms with E-state index in [0.717, 1.165) is 29.0 Å². The van der Waals surface area contributed by atoms with Crippen molar-refractivity contribution in [3.8, 4) is 22.8 Å². The van der Waals surface area contributed by atoms with Crippen molar-refractivity contribution in [1.29, 1.82) is 0 Å². The molecule has 8 nitrogen and oxygen atoms in total. The number of urea groups is 1. The lowest BCUT2D eigenvalue weighted by Crippen LogP contribution is -2.40. The molecule has 0 aliphatic carbocycles. The first kappa shape index (κ1) is 24.3. The van der Waals surface area contributed by atoms with Gasteiger partial charge in [-0.3, -0.25) is 14.7 Å².